The third-order valence-corrected chi connectivity index (χ3v) is 10.7. The fourth-order valence-corrected chi connectivity index (χ4v) is 7.79. The summed E-state index contributed by atoms with van der Waals surface area (Å²) in [7, 11) is -4.19. The quantitative estimate of drug-likeness (QED) is 0.216. The summed E-state index contributed by atoms with van der Waals surface area (Å²) in [5, 5.41) is 8.27. The Morgan fingerprint density at radius 3 is 2.53 bits per heavy atom. The van der Waals surface area contributed by atoms with Crippen molar-refractivity contribution < 1.29 is 17.9 Å². The van der Waals surface area contributed by atoms with E-state index in [0.29, 0.717) is 36.2 Å². The number of ether oxygens (including phenoxy) is 1. The highest BCUT2D eigenvalue weighted by atomic mass is 35.5. The molecule has 0 spiro atoms. The van der Waals surface area contributed by atoms with Crippen LogP contribution in [0.15, 0.2) is 41.7 Å². The van der Waals surface area contributed by atoms with Crippen LogP contribution in [0.25, 0.3) is 5.82 Å². The molecule has 3 aromatic heterocycles. The molecule has 1 atom stereocenters. The van der Waals surface area contributed by atoms with Crippen molar-refractivity contribution in [3.8, 4) is 11.7 Å². The second kappa shape index (κ2) is 12.2. The minimum Gasteiger partial charge on any atom is -0.477 e. The number of sulfonamides is 1. The topological polar surface area (TPSA) is 121 Å². The molecule has 3 heterocycles. The summed E-state index contributed by atoms with van der Waals surface area (Å²) in [5.41, 5.74) is 0.350. The van der Waals surface area contributed by atoms with Gasteiger partial charge in [-0.15, -0.1) is 5.10 Å². The normalized spacial score (nSPS) is 20.0. The van der Waals surface area contributed by atoms with E-state index in [9.17, 15) is 13.2 Å². The van der Waals surface area contributed by atoms with Gasteiger partial charge in [0, 0.05) is 25.0 Å². The number of nitrogens with one attached hydrogen (secondary N) is 1. The van der Waals surface area contributed by atoms with Gasteiger partial charge in [-0.25, -0.2) is 14.4 Å². The summed E-state index contributed by atoms with van der Waals surface area (Å²) in [5.74, 6) is 3.25. The van der Waals surface area contributed by atoms with Crippen LogP contribution >= 0.6 is 11.6 Å². The van der Waals surface area contributed by atoms with Crippen molar-refractivity contribution in [3.63, 3.8) is 0 Å². The standard InChI is InChI=1S/C31H41ClN6O4S/c1-31(2)15-11-21(20-31)4-3-16-37-17-13-28(35-37)43(40,41)36-30(39)25-9-10-26(33-29(25)32)38-18-12-27(34-38)42-19-14-24(22-5-6-22)23-7-8-23/h9-10,12-13,17-18,21-24H,3-8,11,14-16,19-20H2,1-2H3,(H,36,39). The highest BCUT2D eigenvalue weighted by Crippen LogP contribution is 2.50. The largest absolute Gasteiger partial charge is 0.477 e. The molecule has 6 rings (SSSR count). The van der Waals surface area contributed by atoms with Crippen LogP contribution in [0.4, 0.5) is 0 Å². The fraction of sp³-hybridized carbons (Fsp3) is 0.613. The first-order chi connectivity index (χ1) is 20.6. The number of hydrogen-bond acceptors (Lipinski definition) is 7. The number of hydrogen-bond donors (Lipinski definition) is 1. The van der Waals surface area contributed by atoms with Crippen LogP contribution in [-0.2, 0) is 16.6 Å². The number of rotatable bonds is 14. The maximum atomic E-state index is 12.9. The molecule has 10 nitrogen and oxygen atoms in total. The molecule has 43 heavy (non-hydrogen) atoms. The summed E-state index contributed by atoms with van der Waals surface area (Å²) >= 11 is 6.32. The average molecular weight is 629 g/mol. The van der Waals surface area contributed by atoms with Gasteiger partial charge in [0.1, 0.15) is 5.15 Å². The zero-order valence-corrected chi connectivity index (χ0v) is 26.5. The van der Waals surface area contributed by atoms with Crippen LogP contribution in [0.1, 0.15) is 88.4 Å². The third kappa shape index (κ3) is 7.60. The molecule has 0 radical (unpaired) electrons. The first-order valence-electron chi connectivity index (χ1n) is 15.5. The van der Waals surface area contributed by atoms with Crippen LogP contribution in [0.3, 0.4) is 0 Å². The lowest BCUT2D eigenvalue weighted by Gasteiger charge is -2.17. The summed E-state index contributed by atoms with van der Waals surface area (Å²) in [6.07, 6.45) is 15.6. The lowest BCUT2D eigenvalue weighted by Crippen LogP contribution is -2.31. The Morgan fingerprint density at radius 1 is 1.09 bits per heavy atom. The van der Waals surface area contributed by atoms with E-state index in [0.717, 1.165) is 37.0 Å². The molecule has 0 aliphatic heterocycles. The van der Waals surface area contributed by atoms with Gasteiger partial charge in [0.15, 0.2) is 10.8 Å². The van der Waals surface area contributed by atoms with Crippen LogP contribution in [-0.4, -0.2) is 45.5 Å². The van der Waals surface area contributed by atoms with Crippen molar-refractivity contribution >= 4 is 27.5 Å². The molecule has 1 N–H and O–H groups in total. The Morgan fingerprint density at radius 2 is 1.86 bits per heavy atom. The van der Waals surface area contributed by atoms with E-state index in [1.54, 1.807) is 29.2 Å². The second-order valence-corrected chi connectivity index (χ2v) is 15.3. The van der Waals surface area contributed by atoms with Gasteiger partial charge in [-0.2, -0.15) is 13.5 Å². The second-order valence-electron chi connectivity index (χ2n) is 13.3. The van der Waals surface area contributed by atoms with E-state index in [1.807, 2.05) is 0 Å². The van der Waals surface area contributed by atoms with Gasteiger partial charge in [0.05, 0.1) is 12.2 Å². The van der Waals surface area contributed by atoms with E-state index in [-0.39, 0.29) is 15.7 Å². The Labute approximate surface area is 258 Å². The highest BCUT2D eigenvalue weighted by molar-refractivity contribution is 7.90. The Kier molecular flexibility index (Phi) is 8.56. The number of aryl methyl sites for hydroxylation is 1. The minimum atomic E-state index is -4.19. The van der Waals surface area contributed by atoms with Crippen LogP contribution < -0.4 is 9.46 Å². The maximum Gasteiger partial charge on any atom is 0.283 e. The number of halogens is 1. The smallest absolute Gasteiger partial charge is 0.283 e. The number of amides is 1. The lowest BCUT2D eigenvalue weighted by molar-refractivity contribution is 0.0981. The zero-order chi connectivity index (χ0) is 30.2. The number of pyridine rings is 1. The summed E-state index contributed by atoms with van der Waals surface area (Å²) in [6.45, 7) is 5.89. The van der Waals surface area contributed by atoms with Gasteiger partial charge in [0.25, 0.3) is 15.9 Å². The molecular formula is C31H41ClN6O4S. The van der Waals surface area contributed by atoms with Gasteiger partial charge < -0.3 is 4.74 Å². The van der Waals surface area contributed by atoms with Crippen molar-refractivity contribution in [1.29, 1.82) is 0 Å². The van der Waals surface area contributed by atoms with Gasteiger partial charge in [-0.3, -0.25) is 9.48 Å². The molecule has 3 aliphatic rings. The van der Waals surface area contributed by atoms with Crippen LogP contribution in [0.2, 0.25) is 5.15 Å². The molecule has 0 aromatic carbocycles. The van der Waals surface area contributed by atoms with Gasteiger partial charge in [0.2, 0.25) is 5.88 Å². The molecule has 1 amide bonds. The molecule has 232 valence electrons. The molecule has 3 fully saturated rings. The molecule has 0 bridgehead atoms. The number of nitrogens with zero attached hydrogens (tertiary/aromatic N) is 5. The van der Waals surface area contributed by atoms with Gasteiger partial charge in [-0.1, -0.05) is 25.4 Å². The molecular weight excluding hydrogens is 588 g/mol. The van der Waals surface area contributed by atoms with Crippen molar-refractivity contribution in [2.75, 3.05) is 6.61 Å². The molecule has 0 saturated heterocycles. The molecule has 1 unspecified atom stereocenters. The van der Waals surface area contributed by atoms with E-state index in [4.69, 9.17) is 16.3 Å². The van der Waals surface area contributed by atoms with Crippen molar-refractivity contribution in [3.05, 3.63) is 47.4 Å². The number of carbonyl (C=O) groups is 1. The molecule has 3 aromatic rings. The summed E-state index contributed by atoms with van der Waals surface area (Å²) in [4.78, 5) is 17.1. The summed E-state index contributed by atoms with van der Waals surface area (Å²) in [6, 6.07) is 6.14. The summed E-state index contributed by atoms with van der Waals surface area (Å²) < 4.78 is 36.9. The Hall–Kier alpha value is -2.92. The first-order valence-corrected chi connectivity index (χ1v) is 17.4. The number of carbonyl (C=O) groups excluding carboxylic acids is 1. The number of aromatic nitrogens is 5. The predicted molar refractivity (Wildman–Crippen MR) is 163 cm³/mol. The first kappa shape index (κ1) is 30.1. The van der Waals surface area contributed by atoms with Crippen molar-refractivity contribution in [1.82, 2.24) is 29.3 Å². The molecule has 3 aliphatic carbocycles. The highest BCUT2D eigenvalue weighted by Gasteiger charge is 2.41. The monoisotopic (exact) mass is 628 g/mol. The van der Waals surface area contributed by atoms with E-state index < -0.39 is 15.9 Å². The third-order valence-electron chi connectivity index (χ3n) is 9.22. The minimum absolute atomic E-state index is 0.0669. The predicted octanol–water partition coefficient (Wildman–Crippen LogP) is 6.05. The fourth-order valence-electron chi connectivity index (χ4n) is 6.65. The van der Waals surface area contributed by atoms with Crippen LogP contribution in [0, 0.1) is 29.1 Å². The Balaban J connectivity index is 1.01. The molecule has 12 heteroatoms. The lowest BCUT2D eigenvalue weighted by atomic mass is 9.89. The van der Waals surface area contributed by atoms with Crippen LogP contribution in [0.5, 0.6) is 5.88 Å². The van der Waals surface area contributed by atoms with Crippen molar-refractivity contribution in [2.24, 2.45) is 29.1 Å². The average Bonchev–Trinajstić information content (AvgIpc) is 3.85. The molecule has 3 saturated carbocycles. The van der Waals surface area contributed by atoms with E-state index in [2.05, 4.69) is 33.8 Å². The zero-order valence-electron chi connectivity index (χ0n) is 24.9. The van der Waals surface area contributed by atoms with Gasteiger partial charge in [-0.05, 0) is 111 Å². The Bertz CT molecular complexity index is 1550. The maximum absolute atomic E-state index is 12.9. The van der Waals surface area contributed by atoms with Gasteiger partial charge >= 0.3 is 0 Å². The van der Waals surface area contributed by atoms with Crippen molar-refractivity contribution in [2.45, 2.75) is 89.6 Å². The SMILES string of the molecule is CC1(C)CCC(CCCn2ccc(S(=O)(=O)NC(=O)c3ccc(-n4ccc(OCCC(C5CC5)C5CC5)n4)nc3Cl)n2)C1. The van der Waals surface area contributed by atoms with E-state index in [1.165, 1.54) is 61.8 Å². The van der Waals surface area contributed by atoms with E-state index >= 15 is 0 Å².